The molecule has 0 aliphatic heterocycles. The van der Waals surface area contributed by atoms with Gasteiger partial charge in [0.2, 0.25) is 0 Å². The van der Waals surface area contributed by atoms with Crippen LogP contribution in [0, 0.1) is 18.7 Å². The topological polar surface area (TPSA) is 20.2 Å². The third kappa shape index (κ3) is 3.63. The summed E-state index contributed by atoms with van der Waals surface area (Å²) in [5.74, 6) is 0.285. The van der Waals surface area contributed by atoms with Crippen LogP contribution in [-0.4, -0.2) is 5.11 Å². The summed E-state index contributed by atoms with van der Waals surface area (Å²) in [5.41, 5.74) is 1.67. The van der Waals surface area contributed by atoms with Gasteiger partial charge in [-0.15, -0.1) is 0 Å². The molecule has 1 aromatic rings. The lowest BCUT2D eigenvalue weighted by Crippen LogP contribution is -2.02. The summed E-state index contributed by atoms with van der Waals surface area (Å²) in [6.07, 6.45) is 1.11. The van der Waals surface area contributed by atoms with Crippen molar-refractivity contribution in [2.45, 2.75) is 39.7 Å². The Morgan fingerprint density at radius 3 is 2.53 bits per heavy atom. The average molecular weight is 210 g/mol. The van der Waals surface area contributed by atoms with Crippen molar-refractivity contribution in [2.75, 3.05) is 0 Å². The quantitative estimate of drug-likeness (QED) is 0.805. The van der Waals surface area contributed by atoms with E-state index in [0.29, 0.717) is 12.3 Å². The van der Waals surface area contributed by atoms with Crippen LogP contribution in [-0.2, 0) is 0 Å². The molecule has 15 heavy (non-hydrogen) atoms. The highest BCUT2D eigenvalue weighted by atomic mass is 19.1. The first-order valence-corrected chi connectivity index (χ1v) is 5.45. The summed E-state index contributed by atoms with van der Waals surface area (Å²) in [6, 6.07) is 4.57. The number of hydrogen-bond acceptors (Lipinski definition) is 1. The Hall–Kier alpha value is -0.890. The van der Waals surface area contributed by atoms with Crippen LogP contribution in [0.4, 0.5) is 4.39 Å². The normalized spacial score (nSPS) is 13.2. The third-order valence-electron chi connectivity index (χ3n) is 2.62. The Morgan fingerprint density at radius 1 is 1.27 bits per heavy atom. The minimum atomic E-state index is -0.539. The highest BCUT2D eigenvalue weighted by Gasteiger charge is 2.11. The fourth-order valence-electron chi connectivity index (χ4n) is 1.62. The Labute approximate surface area is 90.9 Å². The molecule has 0 aliphatic rings. The standard InChI is InChI=1S/C13H19FO/c1-9(2)4-7-13(15)12-8-11(14)6-5-10(12)3/h5-6,8-9,13,15H,4,7H2,1-3H3. The Balaban J connectivity index is 2.72. The second kappa shape index (κ2) is 5.26. The van der Waals surface area contributed by atoms with E-state index >= 15 is 0 Å². The number of aliphatic hydroxyl groups is 1. The fraction of sp³-hybridized carbons (Fsp3) is 0.538. The lowest BCUT2D eigenvalue weighted by atomic mass is 9.97. The van der Waals surface area contributed by atoms with Gasteiger partial charge in [-0.2, -0.15) is 0 Å². The van der Waals surface area contributed by atoms with E-state index in [1.54, 1.807) is 6.07 Å². The van der Waals surface area contributed by atoms with Gasteiger partial charge < -0.3 is 5.11 Å². The van der Waals surface area contributed by atoms with E-state index in [2.05, 4.69) is 13.8 Å². The van der Waals surface area contributed by atoms with Gasteiger partial charge in [0.1, 0.15) is 5.82 Å². The molecule has 0 heterocycles. The van der Waals surface area contributed by atoms with Crippen molar-refractivity contribution in [2.24, 2.45) is 5.92 Å². The molecule has 0 saturated carbocycles. The molecule has 1 aromatic carbocycles. The molecule has 2 heteroatoms. The SMILES string of the molecule is Cc1ccc(F)cc1C(O)CCC(C)C. The van der Waals surface area contributed by atoms with Gasteiger partial charge in [0.05, 0.1) is 6.10 Å². The second-order valence-corrected chi connectivity index (χ2v) is 4.49. The van der Waals surface area contributed by atoms with Gasteiger partial charge in [-0.1, -0.05) is 19.9 Å². The maximum Gasteiger partial charge on any atom is 0.123 e. The first kappa shape index (κ1) is 12.2. The van der Waals surface area contributed by atoms with Gasteiger partial charge in [0, 0.05) is 0 Å². The lowest BCUT2D eigenvalue weighted by Gasteiger charge is -2.14. The van der Waals surface area contributed by atoms with Crippen molar-refractivity contribution in [1.29, 1.82) is 0 Å². The molecular weight excluding hydrogens is 191 g/mol. The molecule has 0 aliphatic carbocycles. The van der Waals surface area contributed by atoms with Crippen LogP contribution in [0.5, 0.6) is 0 Å². The molecule has 0 aromatic heterocycles. The minimum absolute atomic E-state index is 0.279. The number of rotatable bonds is 4. The highest BCUT2D eigenvalue weighted by molar-refractivity contribution is 5.28. The van der Waals surface area contributed by atoms with Crippen LogP contribution in [0.15, 0.2) is 18.2 Å². The maximum atomic E-state index is 13.0. The van der Waals surface area contributed by atoms with E-state index in [1.165, 1.54) is 12.1 Å². The van der Waals surface area contributed by atoms with E-state index < -0.39 is 6.10 Å². The van der Waals surface area contributed by atoms with Crippen molar-refractivity contribution >= 4 is 0 Å². The van der Waals surface area contributed by atoms with Crippen molar-refractivity contribution in [1.82, 2.24) is 0 Å². The van der Waals surface area contributed by atoms with Crippen LogP contribution >= 0.6 is 0 Å². The third-order valence-corrected chi connectivity index (χ3v) is 2.62. The monoisotopic (exact) mass is 210 g/mol. The predicted molar refractivity (Wildman–Crippen MR) is 60.2 cm³/mol. The van der Waals surface area contributed by atoms with Gasteiger partial charge in [-0.25, -0.2) is 4.39 Å². The van der Waals surface area contributed by atoms with Gasteiger partial charge in [0.15, 0.2) is 0 Å². The molecule has 0 radical (unpaired) electrons. The van der Waals surface area contributed by atoms with Gasteiger partial charge in [-0.05, 0) is 48.9 Å². The number of aliphatic hydroxyl groups excluding tert-OH is 1. The van der Waals surface area contributed by atoms with Crippen LogP contribution < -0.4 is 0 Å². The van der Waals surface area contributed by atoms with Gasteiger partial charge in [0.25, 0.3) is 0 Å². The molecule has 1 N–H and O–H groups in total. The first-order chi connectivity index (χ1) is 7.00. The zero-order valence-electron chi connectivity index (χ0n) is 9.63. The molecule has 0 bridgehead atoms. The lowest BCUT2D eigenvalue weighted by molar-refractivity contribution is 0.158. The zero-order valence-corrected chi connectivity index (χ0v) is 9.63. The van der Waals surface area contributed by atoms with E-state index in [-0.39, 0.29) is 5.82 Å². The predicted octanol–water partition coefficient (Wildman–Crippen LogP) is 3.60. The molecule has 84 valence electrons. The number of benzene rings is 1. The summed E-state index contributed by atoms with van der Waals surface area (Å²) in [5, 5.41) is 9.91. The smallest absolute Gasteiger partial charge is 0.123 e. The molecule has 0 saturated heterocycles. The summed E-state index contributed by atoms with van der Waals surface area (Å²) < 4.78 is 13.0. The summed E-state index contributed by atoms with van der Waals surface area (Å²) >= 11 is 0. The van der Waals surface area contributed by atoms with Gasteiger partial charge in [-0.3, -0.25) is 0 Å². The Bertz CT molecular complexity index is 320. The molecule has 0 amide bonds. The van der Waals surface area contributed by atoms with Gasteiger partial charge >= 0.3 is 0 Å². The van der Waals surface area contributed by atoms with Crippen LogP contribution in [0.2, 0.25) is 0 Å². The minimum Gasteiger partial charge on any atom is -0.388 e. The van der Waals surface area contributed by atoms with E-state index in [4.69, 9.17) is 0 Å². The summed E-state index contributed by atoms with van der Waals surface area (Å²) in [4.78, 5) is 0. The Kier molecular flexibility index (Phi) is 4.28. The van der Waals surface area contributed by atoms with Crippen molar-refractivity contribution < 1.29 is 9.50 Å². The average Bonchev–Trinajstić information content (AvgIpc) is 2.18. The van der Waals surface area contributed by atoms with Crippen molar-refractivity contribution in [3.8, 4) is 0 Å². The largest absolute Gasteiger partial charge is 0.388 e. The summed E-state index contributed by atoms with van der Waals surface area (Å²) in [6.45, 7) is 6.13. The van der Waals surface area contributed by atoms with Crippen molar-refractivity contribution in [3.05, 3.63) is 35.1 Å². The van der Waals surface area contributed by atoms with E-state index in [1.807, 2.05) is 6.92 Å². The van der Waals surface area contributed by atoms with E-state index in [9.17, 15) is 9.50 Å². The zero-order chi connectivity index (χ0) is 11.4. The number of aryl methyl sites for hydroxylation is 1. The number of hydrogen-bond donors (Lipinski definition) is 1. The first-order valence-electron chi connectivity index (χ1n) is 5.45. The molecule has 1 atom stereocenters. The second-order valence-electron chi connectivity index (χ2n) is 4.49. The van der Waals surface area contributed by atoms with E-state index in [0.717, 1.165) is 17.5 Å². The number of halogens is 1. The fourth-order valence-corrected chi connectivity index (χ4v) is 1.62. The highest BCUT2D eigenvalue weighted by Crippen LogP contribution is 2.24. The van der Waals surface area contributed by atoms with Crippen molar-refractivity contribution in [3.63, 3.8) is 0 Å². The molecule has 0 spiro atoms. The maximum absolute atomic E-state index is 13.0. The molecule has 1 unspecified atom stereocenters. The summed E-state index contributed by atoms with van der Waals surface area (Å²) in [7, 11) is 0. The molecule has 1 rings (SSSR count). The molecule has 1 nitrogen and oxygen atoms in total. The Morgan fingerprint density at radius 2 is 1.93 bits per heavy atom. The van der Waals surface area contributed by atoms with Crippen LogP contribution in [0.3, 0.4) is 0 Å². The molecule has 0 fully saturated rings. The van der Waals surface area contributed by atoms with Crippen LogP contribution in [0.25, 0.3) is 0 Å². The van der Waals surface area contributed by atoms with Crippen LogP contribution in [0.1, 0.15) is 43.9 Å². The molecular formula is C13H19FO.